The molecule has 2 fully saturated rings. The van der Waals surface area contributed by atoms with Gasteiger partial charge in [-0.25, -0.2) is 0 Å². The molecule has 0 radical (unpaired) electrons. The van der Waals surface area contributed by atoms with Gasteiger partial charge in [-0.2, -0.15) is 11.8 Å². The summed E-state index contributed by atoms with van der Waals surface area (Å²) in [6.45, 7) is 0. The van der Waals surface area contributed by atoms with Crippen molar-refractivity contribution in [1.29, 1.82) is 0 Å². The predicted molar refractivity (Wildman–Crippen MR) is 87.8 cm³/mol. The quantitative estimate of drug-likeness (QED) is 0.655. The van der Waals surface area contributed by atoms with Crippen LogP contribution >= 0.6 is 23.1 Å². The molecule has 2 bridgehead atoms. The van der Waals surface area contributed by atoms with E-state index >= 15 is 0 Å². The second-order valence-corrected chi connectivity index (χ2v) is 9.06. The fourth-order valence-electron chi connectivity index (χ4n) is 4.58. The number of nitrogens with two attached hydrogens (primary N) is 1. The minimum atomic E-state index is 0.389. The van der Waals surface area contributed by atoms with Crippen molar-refractivity contribution in [3.63, 3.8) is 0 Å². The number of rotatable bonds is 4. The van der Waals surface area contributed by atoms with E-state index in [2.05, 4.69) is 23.3 Å². The van der Waals surface area contributed by atoms with E-state index in [0.29, 0.717) is 6.04 Å². The molecule has 0 saturated heterocycles. The molecule has 0 aromatic carbocycles. The molecular formula is C16H24N2S2. The van der Waals surface area contributed by atoms with Gasteiger partial charge < -0.3 is 0 Å². The first kappa shape index (κ1) is 13.6. The van der Waals surface area contributed by atoms with E-state index in [9.17, 15) is 0 Å². The summed E-state index contributed by atoms with van der Waals surface area (Å²) >= 11 is 4.08. The van der Waals surface area contributed by atoms with E-state index in [1.807, 2.05) is 11.3 Å². The highest BCUT2D eigenvalue weighted by molar-refractivity contribution is 7.98. The molecule has 2 aliphatic carbocycles. The van der Waals surface area contributed by atoms with Crippen LogP contribution in [-0.2, 0) is 12.2 Å². The fraction of sp³-hybridized carbons (Fsp3) is 0.750. The maximum atomic E-state index is 5.89. The van der Waals surface area contributed by atoms with E-state index in [-0.39, 0.29) is 0 Å². The maximum absolute atomic E-state index is 5.89. The number of aryl methyl sites for hydroxylation is 1. The summed E-state index contributed by atoms with van der Waals surface area (Å²) in [6, 6.07) is 2.82. The summed E-state index contributed by atoms with van der Waals surface area (Å²) in [5.74, 6) is 11.3. The van der Waals surface area contributed by atoms with Crippen molar-refractivity contribution in [2.45, 2.75) is 50.3 Å². The molecule has 110 valence electrons. The van der Waals surface area contributed by atoms with Crippen molar-refractivity contribution in [2.75, 3.05) is 5.75 Å². The normalized spacial score (nSPS) is 33.4. The zero-order chi connectivity index (χ0) is 13.5. The summed E-state index contributed by atoms with van der Waals surface area (Å²) in [4.78, 5) is 3.11. The lowest BCUT2D eigenvalue weighted by atomic mass is 9.84. The molecule has 2 nitrogen and oxygen atoms in total. The zero-order valence-corrected chi connectivity index (χ0v) is 13.6. The Labute approximate surface area is 129 Å². The molecule has 2 heterocycles. The highest BCUT2D eigenvalue weighted by Crippen LogP contribution is 2.51. The van der Waals surface area contributed by atoms with Crippen molar-refractivity contribution in [2.24, 2.45) is 23.6 Å². The standard InChI is InChI=1S/C16H24N2S2/c17-18-14(7-12-6-10-1-2-11(12)5-10)16-8-13-9-19-4-3-15(13)20-16/h8,10-12,14,18H,1-7,9,17H2. The highest BCUT2D eigenvalue weighted by Gasteiger charge is 2.40. The molecular weight excluding hydrogens is 284 g/mol. The smallest absolute Gasteiger partial charge is 0.0556 e. The third-order valence-electron chi connectivity index (χ3n) is 5.61. The molecule has 4 atom stereocenters. The molecule has 2 saturated carbocycles. The van der Waals surface area contributed by atoms with Crippen molar-refractivity contribution in [3.8, 4) is 0 Å². The van der Waals surface area contributed by atoms with Crippen LogP contribution in [-0.4, -0.2) is 5.75 Å². The van der Waals surface area contributed by atoms with E-state index < -0.39 is 0 Å². The van der Waals surface area contributed by atoms with Crippen LogP contribution in [0.3, 0.4) is 0 Å². The lowest BCUT2D eigenvalue weighted by Crippen LogP contribution is -2.30. The Hall–Kier alpha value is -0.0300. The SMILES string of the molecule is NNC(CC1CC2CCC1C2)c1cc2c(s1)CCSC2. The molecule has 0 amide bonds. The number of fused-ring (bicyclic) bond motifs is 3. The average Bonchev–Trinajstić information content (AvgIpc) is 3.18. The van der Waals surface area contributed by atoms with E-state index in [1.54, 1.807) is 10.4 Å². The third kappa shape index (κ3) is 2.45. The van der Waals surface area contributed by atoms with Crippen LogP contribution in [0, 0.1) is 17.8 Å². The van der Waals surface area contributed by atoms with Gasteiger partial charge in [-0.05, 0) is 67.2 Å². The Bertz CT molecular complexity index is 461. The second-order valence-electron chi connectivity index (χ2n) is 6.79. The van der Waals surface area contributed by atoms with Gasteiger partial charge in [-0.1, -0.05) is 6.42 Å². The van der Waals surface area contributed by atoms with Crippen molar-refractivity contribution >= 4 is 23.1 Å². The summed E-state index contributed by atoms with van der Waals surface area (Å²) in [6.07, 6.45) is 8.44. The van der Waals surface area contributed by atoms with Gasteiger partial charge in [0.25, 0.3) is 0 Å². The number of nitrogens with one attached hydrogen (secondary N) is 1. The molecule has 1 aromatic rings. The van der Waals surface area contributed by atoms with Gasteiger partial charge in [0.2, 0.25) is 0 Å². The Balaban J connectivity index is 1.48. The van der Waals surface area contributed by atoms with Crippen LogP contribution < -0.4 is 11.3 Å². The van der Waals surface area contributed by atoms with Crippen LogP contribution in [0.5, 0.6) is 0 Å². The Kier molecular flexibility index (Phi) is 3.84. The monoisotopic (exact) mass is 308 g/mol. The third-order valence-corrected chi connectivity index (χ3v) is 7.97. The van der Waals surface area contributed by atoms with Gasteiger partial charge in [0.05, 0.1) is 6.04 Å². The first-order valence-corrected chi connectivity index (χ1v) is 9.96. The Morgan fingerprint density at radius 1 is 1.35 bits per heavy atom. The average molecular weight is 309 g/mol. The maximum Gasteiger partial charge on any atom is 0.0556 e. The summed E-state index contributed by atoms with van der Waals surface area (Å²) in [5.41, 5.74) is 4.70. The number of thiophene rings is 1. The largest absolute Gasteiger partial charge is 0.271 e. The summed E-state index contributed by atoms with van der Waals surface area (Å²) < 4.78 is 0. The summed E-state index contributed by atoms with van der Waals surface area (Å²) in [5, 5.41) is 0. The van der Waals surface area contributed by atoms with E-state index in [4.69, 9.17) is 5.84 Å². The number of hydrogen-bond donors (Lipinski definition) is 2. The van der Waals surface area contributed by atoms with Gasteiger partial charge in [0.1, 0.15) is 0 Å². The lowest BCUT2D eigenvalue weighted by molar-refractivity contribution is 0.281. The molecule has 3 N–H and O–H groups in total. The molecule has 1 aromatic heterocycles. The lowest BCUT2D eigenvalue weighted by Gasteiger charge is -2.25. The van der Waals surface area contributed by atoms with Gasteiger partial charge >= 0.3 is 0 Å². The van der Waals surface area contributed by atoms with Crippen molar-refractivity contribution < 1.29 is 0 Å². The van der Waals surface area contributed by atoms with Gasteiger partial charge in [-0.3, -0.25) is 11.3 Å². The molecule has 4 unspecified atom stereocenters. The number of hydrazine groups is 1. The molecule has 4 rings (SSSR count). The molecule has 0 spiro atoms. The first-order chi connectivity index (χ1) is 9.83. The fourth-order valence-corrected chi connectivity index (χ4v) is 7.03. The highest BCUT2D eigenvalue weighted by atomic mass is 32.2. The van der Waals surface area contributed by atoms with Gasteiger partial charge in [-0.15, -0.1) is 11.3 Å². The van der Waals surface area contributed by atoms with Crippen LogP contribution in [0.25, 0.3) is 0 Å². The molecule has 3 aliphatic rings. The Morgan fingerprint density at radius 2 is 2.30 bits per heavy atom. The van der Waals surface area contributed by atoms with Gasteiger partial charge in [0.15, 0.2) is 0 Å². The molecule has 20 heavy (non-hydrogen) atoms. The Morgan fingerprint density at radius 3 is 3.00 bits per heavy atom. The van der Waals surface area contributed by atoms with Crippen LogP contribution in [0.4, 0.5) is 0 Å². The van der Waals surface area contributed by atoms with Crippen LogP contribution in [0.2, 0.25) is 0 Å². The van der Waals surface area contributed by atoms with E-state index in [1.165, 1.54) is 54.9 Å². The molecule has 1 aliphatic heterocycles. The zero-order valence-electron chi connectivity index (χ0n) is 11.9. The van der Waals surface area contributed by atoms with Crippen molar-refractivity contribution in [1.82, 2.24) is 5.43 Å². The predicted octanol–water partition coefficient (Wildman–Crippen LogP) is 3.87. The van der Waals surface area contributed by atoms with Crippen LogP contribution in [0.1, 0.15) is 53.5 Å². The molecule has 4 heteroatoms. The minimum Gasteiger partial charge on any atom is -0.271 e. The minimum absolute atomic E-state index is 0.389. The number of thioether (sulfide) groups is 1. The summed E-state index contributed by atoms with van der Waals surface area (Å²) in [7, 11) is 0. The van der Waals surface area contributed by atoms with Crippen LogP contribution in [0.15, 0.2) is 6.07 Å². The van der Waals surface area contributed by atoms with E-state index in [0.717, 1.165) is 17.8 Å². The second kappa shape index (κ2) is 5.64. The van der Waals surface area contributed by atoms with Gasteiger partial charge in [0, 0.05) is 15.5 Å². The first-order valence-electron chi connectivity index (χ1n) is 7.99. The van der Waals surface area contributed by atoms with Crippen molar-refractivity contribution in [3.05, 3.63) is 21.4 Å². The topological polar surface area (TPSA) is 38.0 Å². The number of hydrogen-bond acceptors (Lipinski definition) is 4.